The SMILES string of the molecule is O=C(NOC(CO)C1CC1)c1cc(F)c(F)c(F)c1Nc1ccc(I)cc1Cl. The molecule has 0 aromatic heterocycles. The van der Waals surface area contributed by atoms with Crippen LogP contribution in [0.15, 0.2) is 24.3 Å². The first kappa shape index (κ1) is 21.2. The Morgan fingerprint density at radius 3 is 2.61 bits per heavy atom. The lowest BCUT2D eigenvalue weighted by Gasteiger charge is -2.17. The Morgan fingerprint density at radius 2 is 2.00 bits per heavy atom. The van der Waals surface area contributed by atoms with Gasteiger partial charge in [-0.05, 0) is 65.6 Å². The number of amides is 1. The van der Waals surface area contributed by atoms with Crippen LogP contribution < -0.4 is 10.8 Å². The Bertz CT molecular complexity index is 912. The molecule has 1 unspecified atom stereocenters. The number of anilines is 2. The van der Waals surface area contributed by atoms with Crippen molar-refractivity contribution in [3.8, 4) is 0 Å². The lowest BCUT2D eigenvalue weighted by molar-refractivity contribution is -0.0497. The number of hydrogen-bond donors (Lipinski definition) is 3. The Labute approximate surface area is 177 Å². The van der Waals surface area contributed by atoms with Gasteiger partial charge in [-0.3, -0.25) is 9.63 Å². The van der Waals surface area contributed by atoms with Crippen LogP contribution >= 0.6 is 34.2 Å². The molecule has 1 aliphatic carbocycles. The highest BCUT2D eigenvalue weighted by molar-refractivity contribution is 14.1. The molecule has 1 atom stereocenters. The van der Waals surface area contributed by atoms with Crippen LogP contribution in [0.1, 0.15) is 23.2 Å². The number of aliphatic hydroxyl groups is 1. The number of carbonyl (C=O) groups excluding carboxylic acids is 1. The number of nitrogens with one attached hydrogen (secondary N) is 2. The Hall–Kier alpha value is -1.56. The fraction of sp³-hybridized carbons (Fsp3) is 0.278. The number of aliphatic hydroxyl groups excluding tert-OH is 1. The van der Waals surface area contributed by atoms with Crippen LogP contribution in [0.25, 0.3) is 0 Å². The van der Waals surface area contributed by atoms with E-state index in [1.807, 2.05) is 22.6 Å². The molecule has 0 heterocycles. The monoisotopic (exact) mass is 526 g/mol. The summed E-state index contributed by atoms with van der Waals surface area (Å²) in [6.45, 7) is -0.319. The van der Waals surface area contributed by atoms with Gasteiger partial charge in [0.05, 0.1) is 28.6 Å². The number of hydrogen-bond acceptors (Lipinski definition) is 4. The molecule has 10 heteroatoms. The van der Waals surface area contributed by atoms with Gasteiger partial charge in [-0.2, -0.15) is 0 Å². The lowest BCUT2D eigenvalue weighted by Crippen LogP contribution is -2.33. The highest BCUT2D eigenvalue weighted by Gasteiger charge is 2.33. The van der Waals surface area contributed by atoms with E-state index in [0.717, 1.165) is 16.4 Å². The van der Waals surface area contributed by atoms with Crippen LogP contribution in [0.3, 0.4) is 0 Å². The minimum absolute atomic E-state index is 0.107. The van der Waals surface area contributed by atoms with Crippen LogP contribution in [0.5, 0.6) is 0 Å². The van der Waals surface area contributed by atoms with Crippen molar-refractivity contribution in [1.82, 2.24) is 5.48 Å². The average Bonchev–Trinajstić information content (AvgIpc) is 3.49. The second-order valence-corrected chi connectivity index (χ2v) is 7.92. The maximum atomic E-state index is 14.4. The van der Waals surface area contributed by atoms with Crippen LogP contribution in [-0.2, 0) is 4.84 Å². The normalized spacial score (nSPS) is 14.6. The van der Waals surface area contributed by atoms with Gasteiger partial charge in [-0.25, -0.2) is 18.7 Å². The number of carbonyl (C=O) groups is 1. The van der Waals surface area contributed by atoms with E-state index in [4.69, 9.17) is 16.4 Å². The molecule has 2 aromatic rings. The molecule has 3 N–H and O–H groups in total. The first-order chi connectivity index (χ1) is 13.3. The maximum absolute atomic E-state index is 14.4. The second-order valence-electron chi connectivity index (χ2n) is 6.27. The van der Waals surface area contributed by atoms with Gasteiger partial charge in [0, 0.05) is 3.57 Å². The molecule has 0 saturated heterocycles. The van der Waals surface area contributed by atoms with E-state index in [1.165, 1.54) is 6.07 Å². The molecule has 1 amide bonds. The van der Waals surface area contributed by atoms with Gasteiger partial charge in [0.1, 0.15) is 6.10 Å². The molecule has 1 aliphatic rings. The van der Waals surface area contributed by atoms with E-state index in [-0.39, 0.29) is 23.2 Å². The van der Waals surface area contributed by atoms with Crippen LogP contribution in [0.4, 0.5) is 24.5 Å². The highest BCUT2D eigenvalue weighted by Crippen LogP contribution is 2.34. The first-order valence-corrected chi connectivity index (χ1v) is 9.74. The van der Waals surface area contributed by atoms with Gasteiger partial charge >= 0.3 is 0 Å². The third-order valence-electron chi connectivity index (χ3n) is 4.23. The van der Waals surface area contributed by atoms with Crippen molar-refractivity contribution in [1.29, 1.82) is 0 Å². The highest BCUT2D eigenvalue weighted by atomic mass is 127. The molecule has 0 bridgehead atoms. The summed E-state index contributed by atoms with van der Waals surface area (Å²) < 4.78 is 42.7. The Kier molecular flexibility index (Phi) is 6.69. The quantitative estimate of drug-likeness (QED) is 0.282. The number of halogens is 5. The molecule has 2 aromatic carbocycles. The van der Waals surface area contributed by atoms with Gasteiger partial charge in [0.2, 0.25) is 0 Å². The molecule has 1 fully saturated rings. The number of rotatable bonds is 7. The smallest absolute Gasteiger partial charge is 0.277 e. The maximum Gasteiger partial charge on any atom is 0.277 e. The summed E-state index contributed by atoms with van der Waals surface area (Å²) in [4.78, 5) is 17.6. The molecule has 3 rings (SSSR count). The third-order valence-corrected chi connectivity index (χ3v) is 5.21. The molecule has 0 spiro atoms. The van der Waals surface area contributed by atoms with Gasteiger partial charge in [0.15, 0.2) is 17.5 Å². The van der Waals surface area contributed by atoms with Crippen molar-refractivity contribution in [2.75, 3.05) is 11.9 Å². The summed E-state index contributed by atoms with van der Waals surface area (Å²) in [6, 6.07) is 5.31. The zero-order valence-electron chi connectivity index (χ0n) is 14.2. The Morgan fingerprint density at radius 1 is 1.29 bits per heavy atom. The summed E-state index contributed by atoms with van der Waals surface area (Å²) in [5.41, 5.74) is 1.17. The van der Waals surface area contributed by atoms with E-state index in [2.05, 4.69) is 10.8 Å². The zero-order chi connectivity index (χ0) is 20.4. The average molecular weight is 527 g/mol. The summed E-state index contributed by atoms with van der Waals surface area (Å²) in [6.07, 6.45) is 1.07. The summed E-state index contributed by atoms with van der Waals surface area (Å²) in [7, 11) is 0. The van der Waals surface area contributed by atoms with Crippen molar-refractivity contribution in [3.63, 3.8) is 0 Å². The summed E-state index contributed by atoms with van der Waals surface area (Å²) in [5.74, 6) is -5.72. The van der Waals surface area contributed by atoms with Gasteiger partial charge in [-0.15, -0.1) is 0 Å². The molecule has 28 heavy (non-hydrogen) atoms. The van der Waals surface area contributed by atoms with Crippen molar-refractivity contribution >= 4 is 51.5 Å². The van der Waals surface area contributed by atoms with Gasteiger partial charge in [0.25, 0.3) is 5.91 Å². The molecule has 0 aliphatic heterocycles. The second kappa shape index (κ2) is 8.85. The van der Waals surface area contributed by atoms with Gasteiger partial charge < -0.3 is 10.4 Å². The minimum Gasteiger partial charge on any atom is -0.394 e. The van der Waals surface area contributed by atoms with Crippen LogP contribution in [-0.4, -0.2) is 23.7 Å². The lowest BCUT2D eigenvalue weighted by atomic mass is 10.1. The fourth-order valence-electron chi connectivity index (χ4n) is 2.56. The van der Waals surface area contributed by atoms with Crippen LogP contribution in [0.2, 0.25) is 5.02 Å². The standard InChI is InChI=1S/C18H15ClF3IN2O3/c19-11-5-9(23)3-4-13(11)24-17-10(6-12(20)15(21)16(17)22)18(27)25-28-14(7-26)8-1-2-8/h3-6,8,14,24,26H,1-2,7H2,(H,25,27). The van der Waals surface area contributed by atoms with E-state index >= 15 is 0 Å². The van der Waals surface area contributed by atoms with Crippen molar-refractivity contribution in [2.45, 2.75) is 18.9 Å². The first-order valence-electron chi connectivity index (χ1n) is 8.28. The third kappa shape index (κ3) is 4.70. The van der Waals surface area contributed by atoms with Crippen molar-refractivity contribution in [2.24, 2.45) is 5.92 Å². The van der Waals surface area contributed by atoms with E-state index in [9.17, 15) is 23.1 Å². The molecule has 1 saturated carbocycles. The molecule has 150 valence electrons. The van der Waals surface area contributed by atoms with Crippen LogP contribution in [0, 0.1) is 26.9 Å². The molecule has 0 radical (unpaired) electrons. The van der Waals surface area contributed by atoms with E-state index < -0.39 is 40.7 Å². The summed E-state index contributed by atoms with van der Waals surface area (Å²) in [5, 5.41) is 12.0. The molecular formula is C18H15ClF3IN2O3. The predicted molar refractivity (Wildman–Crippen MR) is 106 cm³/mol. The number of benzene rings is 2. The Balaban J connectivity index is 1.89. The molecule has 5 nitrogen and oxygen atoms in total. The fourth-order valence-corrected chi connectivity index (χ4v) is 3.46. The topological polar surface area (TPSA) is 70.6 Å². The zero-order valence-corrected chi connectivity index (χ0v) is 17.2. The van der Waals surface area contributed by atoms with Crippen molar-refractivity contribution in [3.05, 3.63) is 55.9 Å². The van der Waals surface area contributed by atoms with E-state index in [0.29, 0.717) is 6.07 Å². The van der Waals surface area contributed by atoms with Crippen molar-refractivity contribution < 1.29 is 27.9 Å². The summed E-state index contributed by atoms with van der Waals surface area (Å²) >= 11 is 8.11. The predicted octanol–water partition coefficient (Wildman–Crippen LogP) is 4.54. The number of hydroxylamine groups is 1. The van der Waals surface area contributed by atoms with E-state index in [1.54, 1.807) is 12.1 Å². The largest absolute Gasteiger partial charge is 0.394 e. The van der Waals surface area contributed by atoms with Gasteiger partial charge in [-0.1, -0.05) is 11.6 Å². The minimum atomic E-state index is -1.73. The molecular weight excluding hydrogens is 512 g/mol.